The number of nitrogens with zero attached hydrogens (tertiary/aromatic N) is 4. The number of fused-ring (bicyclic) bond motifs is 1. The van der Waals surface area contributed by atoms with Gasteiger partial charge in [-0.3, -0.25) is 9.59 Å². The molecule has 2 atom stereocenters. The van der Waals surface area contributed by atoms with Crippen molar-refractivity contribution < 1.29 is 23.8 Å². The van der Waals surface area contributed by atoms with E-state index >= 15 is 0 Å². The van der Waals surface area contributed by atoms with Crippen molar-refractivity contribution in [2.75, 3.05) is 27.4 Å². The number of methoxy groups -OCH3 is 2. The molecule has 0 saturated carbocycles. The number of ether oxygens (including phenoxy) is 3. The Morgan fingerprint density at radius 3 is 2.63 bits per heavy atom. The van der Waals surface area contributed by atoms with Crippen LogP contribution in [0.25, 0.3) is 11.0 Å². The van der Waals surface area contributed by atoms with Gasteiger partial charge in [0.05, 0.1) is 25.8 Å². The molecule has 2 aromatic carbocycles. The molecular formula is C28H37N5O5. The van der Waals surface area contributed by atoms with Crippen molar-refractivity contribution in [3.8, 4) is 11.5 Å². The first-order valence-electron chi connectivity index (χ1n) is 13.0. The third-order valence-electron chi connectivity index (χ3n) is 7.08. The molecule has 1 aliphatic rings. The van der Waals surface area contributed by atoms with Crippen molar-refractivity contribution in [1.82, 2.24) is 25.2 Å². The average molecular weight is 524 g/mol. The van der Waals surface area contributed by atoms with Crippen LogP contribution in [0.15, 0.2) is 42.5 Å². The van der Waals surface area contributed by atoms with E-state index in [1.54, 1.807) is 42.0 Å². The van der Waals surface area contributed by atoms with Gasteiger partial charge < -0.3 is 24.4 Å². The molecule has 2 heterocycles. The minimum absolute atomic E-state index is 0.0680. The van der Waals surface area contributed by atoms with Crippen molar-refractivity contribution in [2.24, 2.45) is 0 Å². The van der Waals surface area contributed by atoms with E-state index < -0.39 is 11.6 Å². The molecule has 0 bridgehead atoms. The predicted molar refractivity (Wildman–Crippen MR) is 143 cm³/mol. The SMILES string of the molecule is CCC(C)(C)NC(=O)C(c1ccc(OC)c(OC)c1)N(CC1CCCO1)C(=O)Cn1nnc2ccccc21. The van der Waals surface area contributed by atoms with Gasteiger partial charge in [0.2, 0.25) is 11.8 Å². The second-order valence-electron chi connectivity index (χ2n) is 10.2. The van der Waals surface area contributed by atoms with Crippen LogP contribution in [0.3, 0.4) is 0 Å². The zero-order valence-corrected chi connectivity index (χ0v) is 22.8. The molecule has 2 amide bonds. The smallest absolute Gasteiger partial charge is 0.247 e. The molecule has 2 unspecified atom stereocenters. The van der Waals surface area contributed by atoms with Crippen LogP contribution in [0.1, 0.15) is 51.6 Å². The van der Waals surface area contributed by atoms with E-state index in [9.17, 15) is 9.59 Å². The van der Waals surface area contributed by atoms with Crippen LogP contribution in [0.2, 0.25) is 0 Å². The number of nitrogens with one attached hydrogen (secondary N) is 1. The molecular weight excluding hydrogens is 486 g/mol. The Labute approximate surface area is 223 Å². The fourth-order valence-electron chi connectivity index (χ4n) is 4.60. The summed E-state index contributed by atoms with van der Waals surface area (Å²) >= 11 is 0. The van der Waals surface area contributed by atoms with Gasteiger partial charge in [-0.15, -0.1) is 5.10 Å². The zero-order chi connectivity index (χ0) is 27.3. The van der Waals surface area contributed by atoms with E-state index in [1.165, 1.54) is 0 Å². The van der Waals surface area contributed by atoms with E-state index in [1.807, 2.05) is 45.0 Å². The third kappa shape index (κ3) is 6.07. The molecule has 4 rings (SSSR count). The highest BCUT2D eigenvalue weighted by atomic mass is 16.5. The van der Waals surface area contributed by atoms with Crippen LogP contribution >= 0.6 is 0 Å². The zero-order valence-electron chi connectivity index (χ0n) is 22.8. The number of aromatic nitrogens is 3. The molecule has 38 heavy (non-hydrogen) atoms. The summed E-state index contributed by atoms with van der Waals surface area (Å²) in [6.45, 7) is 6.77. The van der Waals surface area contributed by atoms with Gasteiger partial charge in [0.1, 0.15) is 18.1 Å². The molecule has 1 aliphatic heterocycles. The summed E-state index contributed by atoms with van der Waals surface area (Å²) in [7, 11) is 3.10. The fraction of sp³-hybridized carbons (Fsp3) is 0.500. The van der Waals surface area contributed by atoms with Crippen molar-refractivity contribution in [3.63, 3.8) is 0 Å². The van der Waals surface area contributed by atoms with E-state index in [2.05, 4.69) is 15.6 Å². The minimum Gasteiger partial charge on any atom is -0.493 e. The Balaban J connectivity index is 1.76. The topological polar surface area (TPSA) is 108 Å². The maximum atomic E-state index is 14.0. The van der Waals surface area contributed by atoms with Crippen molar-refractivity contribution in [1.29, 1.82) is 0 Å². The Kier molecular flexibility index (Phi) is 8.51. The number of amides is 2. The Morgan fingerprint density at radius 1 is 1.18 bits per heavy atom. The van der Waals surface area contributed by atoms with Gasteiger partial charge in [-0.1, -0.05) is 30.3 Å². The maximum absolute atomic E-state index is 14.0. The van der Waals surface area contributed by atoms with Gasteiger partial charge in [-0.25, -0.2) is 4.68 Å². The molecule has 1 N–H and O–H groups in total. The number of hydrogen-bond donors (Lipinski definition) is 1. The van der Waals surface area contributed by atoms with Gasteiger partial charge >= 0.3 is 0 Å². The quantitative estimate of drug-likeness (QED) is 0.410. The molecule has 0 aliphatic carbocycles. The summed E-state index contributed by atoms with van der Waals surface area (Å²) in [5, 5.41) is 11.5. The van der Waals surface area contributed by atoms with E-state index in [-0.39, 0.29) is 31.0 Å². The molecule has 1 fully saturated rings. The predicted octanol–water partition coefficient (Wildman–Crippen LogP) is 3.50. The highest BCUT2D eigenvalue weighted by Crippen LogP contribution is 2.33. The number of carbonyl (C=O) groups excluding carboxylic acids is 2. The van der Waals surface area contributed by atoms with Crippen LogP contribution in [0.5, 0.6) is 11.5 Å². The van der Waals surface area contributed by atoms with Crippen LogP contribution in [0.4, 0.5) is 0 Å². The van der Waals surface area contributed by atoms with Crippen LogP contribution in [0, 0.1) is 0 Å². The Morgan fingerprint density at radius 2 is 1.95 bits per heavy atom. The summed E-state index contributed by atoms with van der Waals surface area (Å²) in [5.74, 6) is 0.471. The minimum atomic E-state index is -0.924. The van der Waals surface area contributed by atoms with Gasteiger partial charge in [-0.2, -0.15) is 0 Å². The standard InChI is InChI=1S/C28H37N5O5/c1-6-28(2,3)29-27(35)26(19-13-14-23(36-4)24(16-19)37-5)32(17-20-10-9-15-38-20)25(34)18-33-22-12-8-7-11-21(22)30-31-33/h7-8,11-14,16,20,26H,6,9-10,15,17-18H2,1-5H3,(H,29,35). The summed E-state index contributed by atoms with van der Waals surface area (Å²) in [6.07, 6.45) is 2.29. The van der Waals surface area contributed by atoms with Gasteiger partial charge in [0.25, 0.3) is 0 Å². The number of para-hydroxylation sites is 1. The lowest BCUT2D eigenvalue weighted by Crippen LogP contribution is -2.52. The molecule has 0 radical (unpaired) electrons. The molecule has 204 valence electrons. The van der Waals surface area contributed by atoms with Crippen LogP contribution < -0.4 is 14.8 Å². The lowest BCUT2D eigenvalue weighted by molar-refractivity contribution is -0.144. The summed E-state index contributed by atoms with van der Waals surface area (Å²) < 4.78 is 18.4. The maximum Gasteiger partial charge on any atom is 0.247 e. The number of carbonyl (C=O) groups is 2. The van der Waals surface area contributed by atoms with Crippen LogP contribution in [-0.4, -0.2) is 70.7 Å². The van der Waals surface area contributed by atoms with Gasteiger partial charge in [0.15, 0.2) is 11.5 Å². The monoisotopic (exact) mass is 523 g/mol. The first-order chi connectivity index (χ1) is 18.3. The number of rotatable bonds is 11. The third-order valence-corrected chi connectivity index (χ3v) is 7.08. The first kappa shape index (κ1) is 27.4. The fourth-order valence-corrected chi connectivity index (χ4v) is 4.60. The van der Waals surface area contributed by atoms with Crippen LogP contribution in [-0.2, 0) is 20.9 Å². The average Bonchev–Trinajstić information content (AvgIpc) is 3.58. The van der Waals surface area contributed by atoms with E-state index in [0.717, 1.165) is 24.8 Å². The van der Waals surface area contributed by atoms with Gasteiger partial charge in [-0.05, 0) is 62.9 Å². The molecule has 0 spiro atoms. The second-order valence-corrected chi connectivity index (χ2v) is 10.2. The van der Waals surface area contributed by atoms with E-state index in [4.69, 9.17) is 14.2 Å². The molecule has 10 nitrogen and oxygen atoms in total. The lowest BCUT2D eigenvalue weighted by Gasteiger charge is -2.35. The number of benzene rings is 2. The summed E-state index contributed by atoms with van der Waals surface area (Å²) in [6, 6.07) is 11.8. The molecule has 1 aromatic heterocycles. The normalized spacial score (nSPS) is 16.3. The summed E-state index contributed by atoms with van der Waals surface area (Å²) in [5.41, 5.74) is 1.59. The van der Waals surface area contributed by atoms with E-state index in [0.29, 0.717) is 29.2 Å². The Bertz CT molecular complexity index is 1270. The Hall–Kier alpha value is -3.66. The first-order valence-corrected chi connectivity index (χ1v) is 13.0. The van der Waals surface area contributed by atoms with Crippen molar-refractivity contribution >= 4 is 22.8 Å². The molecule has 1 saturated heterocycles. The van der Waals surface area contributed by atoms with Crippen molar-refractivity contribution in [2.45, 2.75) is 64.3 Å². The highest BCUT2D eigenvalue weighted by Gasteiger charge is 2.36. The lowest BCUT2D eigenvalue weighted by atomic mass is 9.98. The molecule has 10 heteroatoms. The summed E-state index contributed by atoms with van der Waals surface area (Å²) in [4.78, 5) is 29.6. The number of hydrogen-bond acceptors (Lipinski definition) is 7. The van der Waals surface area contributed by atoms with Crippen molar-refractivity contribution in [3.05, 3.63) is 48.0 Å². The largest absolute Gasteiger partial charge is 0.493 e. The second kappa shape index (κ2) is 11.8. The molecule has 3 aromatic rings. The van der Waals surface area contributed by atoms with Gasteiger partial charge in [0, 0.05) is 18.7 Å². The highest BCUT2D eigenvalue weighted by molar-refractivity contribution is 5.90.